The molecule has 0 radical (unpaired) electrons. The summed E-state index contributed by atoms with van der Waals surface area (Å²) in [5.74, 6) is -0.620. The topological polar surface area (TPSA) is 56.2 Å². The van der Waals surface area contributed by atoms with Crippen molar-refractivity contribution >= 4 is 5.91 Å². The van der Waals surface area contributed by atoms with Crippen molar-refractivity contribution in [2.24, 2.45) is 0 Å². The Balaban J connectivity index is 2.17. The van der Waals surface area contributed by atoms with Gasteiger partial charge in [-0.15, -0.1) is 0 Å². The van der Waals surface area contributed by atoms with Crippen molar-refractivity contribution in [1.29, 1.82) is 0 Å². The number of alkyl halides is 2. The monoisotopic (exact) mass is 323 g/mol. The van der Waals surface area contributed by atoms with Gasteiger partial charge in [0.2, 0.25) is 0 Å². The zero-order valence-corrected chi connectivity index (χ0v) is 13.2. The van der Waals surface area contributed by atoms with Crippen molar-refractivity contribution in [2.45, 2.75) is 40.0 Å². The van der Waals surface area contributed by atoms with Crippen LogP contribution in [0.1, 0.15) is 41.5 Å². The van der Waals surface area contributed by atoms with E-state index in [2.05, 4.69) is 15.2 Å². The molecule has 1 atom stereocenters. The maximum atomic E-state index is 12.4. The Morgan fingerprint density at radius 3 is 2.70 bits per heavy atom. The zero-order valence-electron chi connectivity index (χ0n) is 13.2. The fourth-order valence-corrected chi connectivity index (χ4v) is 2.33. The predicted molar refractivity (Wildman–Crippen MR) is 81.6 cm³/mol. The molecule has 1 aromatic heterocycles. The van der Waals surface area contributed by atoms with Gasteiger partial charge in [0, 0.05) is 18.3 Å². The van der Waals surface area contributed by atoms with E-state index in [0.29, 0.717) is 0 Å². The van der Waals surface area contributed by atoms with Gasteiger partial charge in [-0.25, -0.2) is 0 Å². The summed E-state index contributed by atoms with van der Waals surface area (Å²) in [6.07, 6.45) is 1.86. The van der Waals surface area contributed by atoms with E-state index in [-0.39, 0.29) is 17.4 Å². The average Bonchev–Trinajstić information content (AvgIpc) is 2.88. The van der Waals surface area contributed by atoms with Crippen molar-refractivity contribution in [3.05, 3.63) is 47.3 Å². The number of para-hydroxylation sites is 1. The van der Waals surface area contributed by atoms with Gasteiger partial charge >= 0.3 is 6.61 Å². The van der Waals surface area contributed by atoms with Gasteiger partial charge in [-0.05, 0) is 32.9 Å². The third kappa shape index (κ3) is 4.06. The Kier molecular flexibility index (Phi) is 5.31. The highest BCUT2D eigenvalue weighted by atomic mass is 19.3. The van der Waals surface area contributed by atoms with Gasteiger partial charge < -0.3 is 10.1 Å². The van der Waals surface area contributed by atoms with Gasteiger partial charge in [0.25, 0.3) is 5.91 Å². The number of nitrogens with zero attached hydrogens (tertiary/aromatic N) is 2. The van der Waals surface area contributed by atoms with Crippen molar-refractivity contribution in [3.63, 3.8) is 0 Å². The van der Waals surface area contributed by atoms with E-state index >= 15 is 0 Å². The minimum atomic E-state index is -2.98. The molecule has 2 rings (SSSR count). The molecule has 0 aliphatic heterocycles. The molecule has 23 heavy (non-hydrogen) atoms. The number of halogens is 2. The number of hydrogen-bond acceptors (Lipinski definition) is 3. The second kappa shape index (κ2) is 7.21. The summed E-state index contributed by atoms with van der Waals surface area (Å²) in [4.78, 5) is 12.4. The smallest absolute Gasteiger partial charge is 0.387 e. The molecule has 0 fully saturated rings. The van der Waals surface area contributed by atoms with Crippen molar-refractivity contribution < 1.29 is 18.3 Å². The highest BCUT2D eigenvalue weighted by molar-refractivity contribution is 5.97. The van der Waals surface area contributed by atoms with E-state index in [1.165, 1.54) is 18.2 Å². The first-order chi connectivity index (χ1) is 10.9. The summed E-state index contributed by atoms with van der Waals surface area (Å²) in [6, 6.07) is 5.61. The summed E-state index contributed by atoms with van der Waals surface area (Å²) in [5.41, 5.74) is 1.77. The molecule has 5 nitrogen and oxygen atoms in total. The first-order valence-corrected chi connectivity index (χ1v) is 7.31. The molecule has 0 saturated heterocycles. The van der Waals surface area contributed by atoms with E-state index < -0.39 is 12.5 Å². The van der Waals surface area contributed by atoms with Crippen LogP contribution < -0.4 is 10.1 Å². The molecule has 0 aliphatic rings. The highest BCUT2D eigenvalue weighted by Gasteiger charge is 2.19. The van der Waals surface area contributed by atoms with Crippen LogP contribution in [0, 0.1) is 6.92 Å². The molecule has 1 unspecified atom stereocenters. The summed E-state index contributed by atoms with van der Waals surface area (Å²) in [6.45, 7) is 3.40. The Hall–Kier alpha value is -2.44. The molecule has 0 bridgehead atoms. The number of carbonyl (C=O) groups is 1. The second-order valence-electron chi connectivity index (χ2n) is 5.10. The maximum Gasteiger partial charge on any atom is 0.387 e. The van der Waals surface area contributed by atoms with Gasteiger partial charge in [-0.2, -0.15) is 13.9 Å². The molecule has 1 aromatic carbocycles. The molecule has 1 N–H and O–H groups in total. The Morgan fingerprint density at radius 1 is 1.39 bits per heavy atom. The van der Waals surface area contributed by atoms with E-state index in [4.69, 9.17) is 0 Å². The number of amides is 1. The fourth-order valence-electron chi connectivity index (χ4n) is 2.33. The van der Waals surface area contributed by atoms with Crippen LogP contribution in [0.15, 0.2) is 30.5 Å². The Labute approximate surface area is 133 Å². The van der Waals surface area contributed by atoms with Crippen molar-refractivity contribution in [1.82, 2.24) is 15.1 Å². The summed E-state index contributed by atoms with van der Waals surface area (Å²) in [5, 5.41) is 7.12. The number of rotatable bonds is 6. The SMILES string of the molecule is CCn1cc(C(C)NC(=O)c2ccccc2OC(F)F)c(C)n1. The zero-order chi connectivity index (χ0) is 17.0. The van der Waals surface area contributed by atoms with Crippen LogP contribution in [-0.2, 0) is 6.54 Å². The lowest BCUT2D eigenvalue weighted by atomic mass is 10.1. The van der Waals surface area contributed by atoms with Crippen LogP contribution in [0.5, 0.6) is 5.75 Å². The Morgan fingerprint density at radius 2 is 2.09 bits per heavy atom. The quantitative estimate of drug-likeness (QED) is 0.887. The van der Waals surface area contributed by atoms with E-state index in [0.717, 1.165) is 17.8 Å². The first-order valence-electron chi connectivity index (χ1n) is 7.31. The van der Waals surface area contributed by atoms with Crippen LogP contribution in [0.3, 0.4) is 0 Å². The number of carbonyl (C=O) groups excluding carboxylic acids is 1. The summed E-state index contributed by atoms with van der Waals surface area (Å²) < 4.78 is 31.0. The lowest BCUT2D eigenvalue weighted by Crippen LogP contribution is -2.27. The third-order valence-corrected chi connectivity index (χ3v) is 3.47. The third-order valence-electron chi connectivity index (χ3n) is 3.47. The molecule has 0 aliphatic carbocycles. The molecular weight excluding hydrogens is 304 g/mol. The van der Waals surface area contributed by atoms with Gasteiger partial charge in [-0.3, -0.25) is 9.48 Å². The van der Waals surface area contributed by atoms with Gasteiger partial charge in [0.1, 0.15) is 5.75 Å². The van der Waals surface area contributed by atoms with Crippen LogP contribution in [0.4, 0.5) is 8.78 Å². The molecule has 1 heterocycles. The molecule has 2 aromatic rings. The second-order valence-corrected chi connectivity index (χ2v) is 5.10. The minimum Gasteiger partial charge on any atom is -0.434 e. The van der Waals surface area contributed by atoms with Crippen LogP contribution in [0.2, 0.25) is 0 Å². The van der Waals surface area contributed by atoms with Crippen molar-refractivity contribution in [2.75, 3.05) is 0 Å². The van der Waals surface area contributed by atoms with Gasteiger partial charge in [-0.1, -0.05) is 12.1 Å². The predicted octanol–water partition coefficient (Wildman–Crippen LogP) is 3.30. The number of ether oxygens (including phenoxy) is 1. The molecule has 124 valence electrons. The largest absolute Gasteiger partial charge is 0.434 e. The molecule has 0 spiro atoms. The number of benzene rings is 1. The highest BCUT2D eigenvalue weighted by Crippen LogP contribution is 2.22. The standard InChI is InChI=1S/C16H19F2N3O2/c1-4-21-9-13(11(3)20-21)10(2)19-15(22)12-7-5-6-8-14(12)23-16(17)18/h5-10,16H,4H2,1-3H3,(H,19,22). The van der Waals surface area contributed by atoms with Crippen LogP contribution in [-0.4, -0.2) is 22.3 Å². The van der Waals surface area contributed by atoms with Crippen molar-refractivity contribution in [3.8, 4) is 5.75 Å². The number of aryl methyl sites for hydroxylation is 2. The minimum absolute atomic E-state index is 0.0696. The average molecular weight is 323 g/mol. The lowest BCUT2D eigenvalue weighted by molar-refractivity contribution is -0.0501. The normalized spacial score (nSPS) is 12.3. The molecule has 0 saturated carbocycles. The Bertz CT molecular complexity index is 686. The molecule has 1 amide bonds. The van der Waals surface area contributed by atoms with Crippen LogP contribution in [0.25, 0.3) is 0 Å². The lowest BCUT2D eigenvalue weighted by Gasteiger charge is -2.15. The fraction of sp³-hybridized carbons (Fsp3) is 0.375. The molecule has 7 heteroatoms. The number of hydrogen-bond donors (Lipinski definition) is 1. The van der Waals surface area contributed by atoms with E-state index in [1.807, 2.05) is 27.0 Å². The van der Waals surface area contributed by atoms with Crippen LogP contribution >= 0.6 is 0 Å². The maximum absolute atomic E-state index is 12.4. The molecular formula is C16H19F2N3O2. The van der Waals surface area contributed by atoms with Gasteiger partial charge in [0.15, 0.2) is 0 Å². The first kappa shape index (κ1) is 16.9. The van der Waals surface area contributed by atoms with E-state index in [9.17, 15) is 13.6 Å². The summed E-state index contributed by atoms with van der Waals surface area (Å²) in [7, 11) is 0. The van der Waals surface area contributed by atoms with Gasteiger partial charge in [0.05, 0.1) is 17.3 Å². The summed E-state index contributed by atoms with van der Waals surface area (Å²) >= 11 is 0. The van der Waals surface area contributed by atoms with E-state index in [1.54, 1.807) is 10.7 Å². The number of aromatic nitrogens is 2. The number of nitrogens with one attached hydrogen (secondary N) is 1.